The van der Waals surface area contributed by atoms with E-state index >= 15 is 0 Å². The lowest BCUT2D eigenvalue weighted by atomic mass is 10.2. The maximum absolute atomic E-state index is 12.5. The molecule has 2 N–H and O–H groups in total. The van der Waals surface area contributed by atoms with Gasteiger partial charge in [0.1, 0.15) is 12.3 Å². The summed E-state index contributed by atoms with van der Waals surface area (Å²) < 4.78 is 5.27. The number of halogens is 2. The molecule has 1 aliphatic heterocycles. The van der Waals surface area contributed by atoms with Gasteiger partial charge in [0.2, 0.25) is 5.91 Å². The summed E-state index contributed by atoms with van der Waals surface area (Å²) in [6.45, 7) is 12.5. The molecule has 1 aliphatic rings. The van der Waals surface area contributed by atoms with Gasteiger partial charge in [0.25, 0.3) is 0 Å². The largest absolute Gasteiger partial charge is 0.495 e. The van der Waals surface area contributed by atoms with Crippen molar-refractivity contribution in [1.82, 2.24) is 9.91 Å². The van der Waals surface area contributed by atoms with Crippen LogP contribution < -0.4 is 15.5 Å². The van der Waals surface area contributed by atoms with Crippen molar-refractivity contribution in [3.63, 3.8) is 0 Å². The van der Waals surface area contributed by atoms with E-state index in [-0.39, 0.29) is 12.5 Å². The Balaban J connectivity index is 0.00000212. The van der Waals surface area contributed by atoms with Gasteiger partial charge < -0.3 is 19.5 Å². The van der Waals surface area contributed by atoms with E-state index in [1.54, 1.807) is 18.9 Å². The van der Waals surface area contributed by atoms with Gasteiger partial charge in [-0.1, -0.05) is 50.9 Å². The SMILES string of the molecule is C#CC/C(Cl)=C(/C)N(N)CC(=O)N1CCN(c2ccc(Cl)c(OC)c2)CC1.CC.CC. The number of carbonyl (C=O) groups excluding carboxylic acids is 1. The Labute approximate surface area is 197 Å². The third-order valence-corrected chi connectivity index (χ3v) is 5.24. The molecule has 1 amide bonds. The Morgan fingerprint density at radius 1 is 1.23 bits per heavy atom. The minimum absolute atomic E-state index is 0.0460. The molecule has 0 radical (unpaired) electrons. The van der Waals surface area contributed by atoms with Crippen LogP contribution in [0.25, 0.3) is 0 Å². The van der Waals surface area contributed by atoms with Crippen LogP contribution >= 0.6 is 23.2 Å². The first-order valence-corrected chi connectivity index (χ1v) is 11.3. The molecular formula is C23H36Cl2N4O2. The predicted molar refractivity (Wildman–Crippen MR) is 132 cm³/mol. The number of carbonyl (C=O) groups is 1. The molecule has 1 aromatic rings. The van der Waals surface area contributed by atoms with Crippen molar-refractivity contribution in [1.29, 1.82) is 0 Å². The lowest BCUT2D eigenvalue weighted by Crippen LogP contribution is -2.52. The highest BCUT2D eigenvalue weighted by atomic mass is 35.5. The number of amides is 1. The van der Waals surface area contributed by atoms with Crippen LogP contribution in [-0.4, -0.2) is 55.6 Å². The predicted octanol–water partition coefficient (Wildman–Crippen LogP) is 4.72. The van der Waals surface area contributed by atoms with Gasteiger partial charge in [-0.15, -0.1) is 12.3 Å². The average Bonchev–Trinajstić information content (AvgIpc) is 2.81. The number of terminal acetylenes is 1. The molecule has 31 heavy (non-hydrogen) atoms. The lowest BCUT2D eigenvalue weighted by Gasteiger charge is -2.37. The Hall–Kier alpha value is -2.07. The van der Waals surface area contributed by atoms with E-state index in [0.717, 1.165) is 5.69 Å². The number of nitrogens with two attached hydrogens (primary N) is 1. The number of hydrazine groups is 1. The first-order chi connectivity index (χ1) is 14.9. The van der Waals surface area contributed by atoms with Crippen molar-refractivity contribution >= 4 is 34.8 Å². The van der Waals surface area contributed by atoms with Gasteiger partial charge >= 0.3 is 0 Å². The van der Waals surface area contributed by atoms with Crippen LogP contribution in [0.4, 0.5) is 5.69 Å². The number of allylic oxidation sites excluding steroid dienone is 2. The quantitative estimate of drug-likeness (QED) is 0.370. The van der Waals surface area contributed by atoms with E-state index in [1.807, 2.05) is 45.9 Å². The molecule has 174 valence electrons. The number of rotatable bonds is 6. The van der Waals surface area contributed by atoms with Crippen LogP contribution in [0.15, 0.2) is 28.9 Å². The van der Waals surface area contributed by atoms with Crippen LogP contribution in [0.1, 0.15) is 41.0 Å². The highest BCUT2D eigenvalue weighted by Gasteiger charge is 2.23. The smallest absolute Gasteiger partial charge is 0.243 e. The van der Waals surface area contributed by atoms with Gasteiger partial charge in [0.05, 0.1) is 17.2 Å². The standard InChI is InChI=1S/C19H24Cl2N4O2.2C2H6/c1-4-5-16(20)14(2)25(22)13-19(26)24-10-8-23(9-11-24)15-6-7-17(21)18(12-15)27-3;2*1-2/h1,6-7,12H,5,8-11,13,22H2,2-3H3;2*1-2H3/b16-14+;;. The summed E-state index contributed by atoms with van der Waals surface area (Å²) in [5.74, 6) is 9.01. The van der Waals surface area contributed by atoms with Crippen molar-refractivity contribution in [2.75, 3.05) is 44.7 Å². The minimum atomic E-state index is -0.0460. The van der Waals surface area contributed by atoms with Crippen LogP contribution in [0.2, 0.25) is 5.02 Å². The monoisotopic (exact) mass is 470 g/mol. The molecule has 2 rings (SSSR count). The fraction of sp³-hybridized carbons (Fsp3) is 0.522. The molecule has 6 nitrogen and oxygen atoms in total. The summed E-state index contributed by atoms with van der Waals surface area (Å²) in [5.41, 5.74) is 1.62. The summed E-state index contributed by atoms with van der Waals surface area (Å²) in [6.07, 6.45) is 5.54. The molecule has 0 saturated carbocycles. The maximum Gasteiger partial charge on any atom is 0.243 e. The molecule has 0 aliphatic carbocycles. The second kappa shape index (κ2) is 15.7. The van der Waals surface area contributed by atoms with Crippen molar-refractivity contribution in [2.24, 2.45) is 5.84 Å². The zero-order valence-corrected chi connectivity index (χ0v) is 21.1. The van der Waals surface area contributed by atoms with E-state index in [2.05, 4.69) is 10.8 Å². The third-order valence-electron chi connectivity index (χ3n) is 4.52. The van der Waals surface area contributed by atoms with Gasteiger partial charge in [0.15, 0.2) is 0 Å². The number of methoxy groups -OCH3 is 1. The number of anilines is 1. The number of nitrogens with zero attached hydrogens (tertiary/aromatic N) is 3. The fourth-order valence-electron chi connectivity index (χ4n) is 2.80. The molecule has 1 saturated heterocycles. The van der Waals surface area contributed by atoms with Crippen molar-refractivity contribution in [2.45, 2.75) is 41.0 Å². The average molecular weight is 471 g/mol. The summed E-state index contributed by atoms with van der Waals surface area (Å²) in [4.78, 5) is 16.5. The molecule has 1 fully saturated rings. The Morgan fingerprint density at radius 3 is 2.32 bits per heavy atom. The van der Waals surface area contributed by atoms with Crippen LogP contribution in [-0.2, 0) is 4.79 Å². The van der Waals surface area contributed by atoms with Crippen LogP contribution in [0.5, 0.6) is 5.75 Å². The van der Waals surface area contributed by atoms with Crippen molar-refractivity contribution in [3.05, 3.63) is 34.0 Å². The first-order valence-electron chi connectivity index (χ1n) is 10.5. The van der Waals surface area contributed by atoms with Crippen LogP contribution in [0.3, 0.4) is 0 Å². The molecular weight excluding hydrogens is 435 g/mol. The number of piperazine rings is 1. The zero-order valence-electron chi connectivity index (χ0n) is 19.5. The Kier molecular flexibility index (Phi) is 14.6. The van der Waals surface area contributed by atoms with Gasteiger partial charge in [-0.05, 0) is 19.1 Å². The molecule has 0 atom stereocenters. The maximum atomic E-state index is 12.5. The van der Waals surface area contributed by atoms with Crippen molar-refractivity contribution in [3.8, 4) is 18.1 Å². The zero-order chi connectivity index (χ0) is 24.0. The summed E-state index contributed by atoms with van der Waals surface area (Å²) in [7, 11) is 1.59. The molecule has 1 heterocycles. The van der Waals surface area contributed by atoms with E-state index < -0.39 is 0 Å². The van der Waals surface area contributed by atoms with E-state index in [9.17, 15) is 4.79 Å². The third kappa shape index (κ3) is 8.90. The lowest BCUT2D eigenvalue weighted by molar-refractivity contribution is -0.132. The second-order valence-corrected chi connectivity index (χ2v) is 7.05. The van der Waals surface area contributed by atoms with Crippen LogP contribution in [0, 0.1) is 12.3 Å². The Morgan fingerprint density at radius 2 is 1.81 bits per heavy atom. The summed E-state index contributed by atoms with van der Waals surface area (Å²) in [6, 6.07) is 5.67. The van der Waals surface area contributed by atoms with Gasteiger partial charge in [-0.2, -0.15) is 0 Å². The number of hydrogen-bond acceptors (Lipinski definition) is 5. The highest BCUT2D eigenvalue weighted by molar-refractivity contribution is 6.32. The first kappa shape index (κ1) is 28.9. The highest BCUT2D eigenvalue weighted by Crippen LogP contribution is 2.29. The molecule has 0 spiro atoms. The Bertz CT molecular complexity index is 754. The number of ether oxygens (including phenoxy) is 1. The van der Waals surface area contributed by atoms with Gasteiger partial charge in [0, 0.05) is 50.1 Å². The second-order valence-electron chi connectivity index (χ2n) is 6.19. The molecule has 8 heteroatoms. The molecule has 1 aromatic carbocycles. The molecule has 0 aromatic heterocycles. The summed E-state index contributed by atoms with van der Waals surface area (Å²) in [5, 5.41) is 2.39. The molecule has 0 bridgehead atoms. The minimum Gasteiger partial charge on any atom is -0.495 e. The van der Waals surface area contributed by atoms with Gasteiger partial charge in [-0.3, -0.25) is 4.79 Å². The number of benzene rings is 1. The van der Waals surface area contributed by atoms with E-state index in [4.69, 9.17) is 40.2 Å². The topological polar surface area (TPSA) is 62.0 Å². The van der Waals surface area contributed by atoms with Crippen molar-refractivity contribution < 1.29 is 9.53 Å². The normalized spacial score (nSPS) is 13.5. The van der Waals surface area contributed by atoms with E-state index in [1.165, 1.54) is 5.01 Å². The summed E-state index contributed by atoms with van der Waals surface area (Å²) >= 11 is 12.2. The molecule has 0 unspecified atom stereocenters. The number of hydrogen-bond donors (Lipinski definition) is 1. The fourth-order valence-corrected chi connectivity index (χ4v) is 3.18. The van der Waals surface area contributed by atoms with E-state index in [0.29, 0.717) is 54.1 Å². The van der Waals surface area contributed by atoms with Gasteiger partial charge in [-0.25, -0.2) is 5.84 Å².